The van der Waals surface area contributed by atoms with Crippen LogP contribution in [0.15, 0.2) is 0 Å². The Morgan fingerprint density at radius 1 is 1.69 bits per heavy atom. The minimum Gasteiger partial charge on any atom is -0.393 e. The van der Waals surface area contributed by atoms with E-state index in [-0.39, 0.29) is 17.6 Å². The van der Waals surface area contributed by atoms with E-state index in [2.05, 4.69) is 0 Å². The molecular weight excluding hydrogens is 230 g/mol. The summed E-state index contributed by atoms with van der Waals surface area (Å²) in [5.41, 5.74) is -0.320. The number of rotatable bonds is 1. The topological polar surface area (TPSA) is 49.8 Å². The van der Waals surface area contributed by atoms with Crippen LogP contribution in [-0.4, -0.2) is 52.7 Å². The van der Waals surface area contributed by atoms with E-state index in [4.69, 9.17) is 16.3 Å². The van der Waals surface area contributed by atoms with Crippen LogP contribution < -0.4 is 0 Å². The standard InChI is InChI=1S/C11H18ClNO3/c1-8(12)10(15)13-4-3-11(7-13)6-9(14)2-5-16-11/h8-9,14H,2-7H2,1H3/t8-,9+,11-/m0/s1. The van der Waals surface area contributed by atoms with Gasteiger partial charge in [0.25, 0.3) is 0 Å². The number of aliphatic hydroxyl groups excluding tert-OH is 1. The Morgan fingerprint density at radius 3 is 3.06 bits per heavy atom. The molecule has 16 heavy (non-hydrogen) atoms. The number of halogens is 1. The van der Waals surface area contributed by atoms with Gasteiger partial charge in [-0.25, -0.2) is 0 Å². The Labute approximate surface area is 101 Å². The van der Waals surface area contributed by atoms with Gasteiger partial charge < -0.3 is 14.7 Å². The summed E-state index contributed by atoms with van der Waals surface area (Å²) in [6, 6.07) is 0. The summed E-state index contributed by atoms with van der Waals surface area (Å²) in [5, 5.41) is 9.18. The first-order valence-corrected chi connectivity index (χ1v) is 6.21. The third kappa shape index (κ3) is 2.34. The molecule has 1 N–H and O–H groups in total. The van der Waals surface area contributed by atoms with Crippen molar-refractivity contribution in [3.8, 4) is 0 Å². The maximum absolute atomic E-state index is 11.7. The molecule has 3 atom stereocenters. The molecule has 0 unspecified atom stereocenters. The van der Waals surface area contributed by atoms with Gasteiger partial charge in [0, 0.05) is 26.1 Å². The van der Waals surface area contributed by atoms with Crippen LogP contribution >= 0.6 is 11.6 Å². The van der Waals surface area contributed by atoms with Gasteiger partial charge in [-0.3, -0.25) is 4.79 Å². The number of nitrogens with zero attached hydrogens (tertiary/aromatic N) is 1. The number of hydrogen-bond acceptors (Lipinski definition) is 3. The van der Waals surface area contributed by atoms with Crippen molar-refractivity contribution in [3.05, 3.63) is 0 Å². The second kappa shape index (κ2) is 4.51. The van der Waals surface area contributed by atoms with Gasteiger partial charge in [-0.15, -0.1) is 11.6 Å². The van der Waals surface area contributed by atoms with Crippen molar-refractivity contribution < 1.29 is 14.6 Å². The SMILES string of the molecule is C[C@H](Cl)C(=O)N1CC[C@]2(C[C@H](O)CCO2)C1. The molecule has 2 aliphatic heterocycles. The summed E-state index contributed by atoms with van der Waals surface area (Å²) in [4.78, 5) is 13.5. The second-order valence-electron chi connectivity index (χ2n) is 4.80. The fourth-order valence-corrected chi connectivity index (χ4v) is 2.71. The van der Waals surface area contributed by atoms with Gasteiger partial charge in [-0.2, -0.15) is 0 Å². The van der Waals surface area contributed by atoms with E-state index in [9.17, 15) is 9.90 Å². The number of hydrogen-bond donors (Lipinski definition) is 1. The monoisotopic (exact) mass is 247 g/mol. The molecule has 0 radical (unpaired) electrons. The predicted octanol–water partition coefficient (Wildman–Crippen LogP) is 0.756. The van der Waals surface area contributed by atoms with Gasteiger partial charge >= 0.3 is 0 Å². The molecule has 5 heteroatoms. The van der Waals surface area contributed by atoms with Crippen molar-refractivity contribution in [2.24, 2.45) is 0 Å². The average molecular weight is 248 g/mol. The van der Waals surface area contributed by atoms with E-state index in [1.54, 1.807) is 11.8 Å². The maximum Gasteiger partial charge on any atom is 0.240 e. The third-order valence-electron chi connectivity index (χ3n) is 3.44. The number of likely N-dealkylation sites (tertiary alicyclic amines) is 1. The first kappa shape index (κ1) is 12.1. The molecule has 0 saturated carbocycles. The fraction of sp³-hybridized carbons (Fsp3) is 0.909. The molecular formula is C11H18ClNO3. The first-order chi connectivity index (χ1) is 7.52. The molecule has 2 heterocycles. The van der Waals surface area contributed by atoms with Crippen LogP contribution in [0.25, 0.3) is 0 Å². The number of aliphatic hydroxyl groups is 1. The van der Waals surface area contributed by atoms with Gasteiger partial charge in [0.1, 0.15) is 5.38 Å². The van der Waals surface area contributed by atoms with Crippen LogP contribution in [0.1, 0.15) is 26.2 Å². The zero-order chi connectivity index (χ0) is 11.8. The lowest BCUT2D eigenvalue weighted by Crippen LogP contribution is -2.45. The van der Waals surface area contributed by atoms with Gasteiger partial charge in [-0.1, -0.05) is 0 Å². The molecule has 2 rings (SSSR count). The normalized spacial score (nSPS) is 36.7. The van der Waals surface area contributed by atoms with Crippen molar-refractivity contribution in [1.29, 1.82) is 0 Å². The Hall–Kier alpha value is -0.320. The van der Waals surface area contributed by atoms with Crippen LogP contribution in [0.2, 0.25) is 0 Å². The number of carbonyl (C=O) groups excluding carboxylic acids is 1. The molecule has 2 fully saturated rings. The third-order valence-corrected chi connectivity index (χ3v) is 3.62. The minimum atomic E-state index is -0.483. The molecule has 0 aromatic carbocycles. The Bertz CT molecular complexity index is 284. The van der Waals surface area contributed by atoms with Crippen molar-refractivity contribution in [2.75, 3.05) is 19.7 Å². The molecule has 1 spiro atoms. The van der Waals surface area contributed by atoms with E-state index in [0.717, 1.165) is 6.42 Å². The van der Waals surface area contributed by atoms with Crippen molar-refractivity contribution in [2.45, 2.75) is 43.3 Å². The summed E-state index contributed by atoms with van der Waals surface area (Å²) in [5.74, 6) is -0.0396. The lowest BCUT2D eigenvalue weighted by atomic mass is 9.91. The van der Waals surface area contributed by atoms with Gasteiger partial charge in [0.05, 0.1) is 11.7 Å². The molecule has 0 aromatic heterocycles. The number of alkyl halides is 1. The zero-order valence-electron chi connectivity index (χ0n) is 9.49. The zero-order valence-corrected chi connectivity index (χ0v) is 10.2. The highest BCUT2D eigenvalue weighted by Crippen LogP contribution is 2.34. The van der Waals surface area contributed by atoms with E-state index >= 15 is 0 Å². The van der Waals surface area contributed by atoms with Crippen LogP contribution in [-0.2, 0) is 9.53 Å². The second-order valence-corrected chi connectivity index (χ2v) is 5.46. The van der Waals surface area contributed by atoms with E-state index in [1.165, 1.54) is 0 Å². The quantitative estimate of drug-likeness (QED) is 0.696. The van der Waals surface area contributed by atoms with E-state index < -0.39 is 5.38 Å². The molecule has 4 nitrogen and oxygen atoms in total. The van der Waals surface area contributed by atoms with Gasteiger partial charge in [0.15, 0.2) is 0 Å². The highest BCUT2D eigenvalue weighted by molar-refractivity contribution is 6.30. The summed E-state index contributed by atoms with van der Waals surface area (Å²) in [6.07, 6.45) is 1.84. The van der Waals surface area contributed by atoms with Crippen LogP contribution in [0.3, 0.4) is 0 Å². The fourth-order valence-electron chi connectivity index (χ4n) is 2.57. The predicted molar refractivity (Wildman–Crippen MR) is 60.4 cm³/mol. The maximum atomic E-state index is 11.7. The van der Waals surface area contributed by atoms with Crippen LogP contribution in [0, 0.1) is 0 Å². The van der Waals surface area contributed by atoms with Crippen LogP contribution in [0.5, 0.6) is 0 Å². The number of amides is 1. The van der Waals surface area contributed by atoms with Crippen LogP contribution in [0.4, 0.5) is 0 Å². The van der Waals surface area contributed by atoms with Gasteiger partial charge in [-0.05, 0) is 19.8 Å². The lowest BCUT2D eigenvalue weighted by molar-refractivity contribution is -0.135. The molecule has 2 saturated heterocycles. The number of ether oxygens (including phenoxy) is 1. The summed E-state index contributed by atoms with van der Waals surface area (Å²) >= 11 is 5.78. The highest BCUT2D eigenvalue weighted by Gasteiger charge is 2.44. The minimum absolute atomic E-state index is 0.0396. The molecule has 0 aromatic rings. The summed E-state index contributed by atoms with van der Waals surface area (Å²) < 4.78 is 5.76. The Morgan fingerprint density at radius 2 is 2.44 bits per heavy atom. The smallest absolute Gasteiger partial charge is 0.240 e. The Kier molecular flexibility index (Phi) is 3.42. The number of carbonyl (C=O) groups is 1. The summed E-state index contributed by atoms with van der Waals surface area (Å²) in [7, 11) is 0. The lowest BCUT2D eigenvalue weighted by Gasteiger charge is -2.36. The van der Waals surface area contributed by atoms with Crippen molar-refractivity contribution >= 4 is 17.5 Å². The largest absolute Gasteiger partial charge is 0.393 e. The van der Waals surface area contributed by atoms with E-state index in [1.807, 2.05) is 0 Å². The highest BCUT2D eigenvalue weighted by atomic mass is 35.5. The molecule has 92 valence electrons. The molecule has 0 bridgehead atoms. The Balaban J connectivity index is 1.98. The first-order valence-electron chi connectivity index (χ1n) is 5.77. The van der Waals surface area contributed by atoms with Crippen molar-refractivity contribution in [3.63, 3.8) is 0 Å². The van der Waals surface area contributed by atoms with E-state index in [0.29, 0.717) is 32.5 Å². The molecule has 1 amide bonds. The molecule has 2 aliphatic rings. The van der Waals surface area contributed by atoms with Gasteiger partial charge in [0.2, 0.25) is 5.91 Å². The summed E-state index contributed by atoms with van der Waals surface area (Å²) in [6.45, 7) is 3.52. The average Bonchev–Trinajstić information content (AvgIpc) is 2.60. The van der Waals surface area contributed by atoms with Crippen molar-refractivity contribution in [1.82, 2.24) is 4.90 Å². The molecule has 0 aliphatic carbocycles.